The van der Waals surface area contributed by atoms with Crippen LogP contribution in [-0.2, 0) is 20.8 Å². The first-order valence-electron chi connectivity index (χ1n) is 8.41. The molecule has 1 unspecified atom stereocenters. The number of carbonyl (C=O) groups excluding carboxylic acids is 3. The highest BCUT2D eigenvalue weighted by Gasteiger charge is 2.27. The van der Waals surface area contributed by atoms with E-state index in [0.717, 1.165) is 19.5 Å². The summed E-state index contributed by atoms with van der Waals surface area (Å²) in [5.41, 5.74) is -0.158. The van der Waals surface area contributed by atoms with Gasteiger partial charge in [0, 0.05) is 13.1 Å². The molecule has 1 atom stereocenters. The highest BCUT2D eigenvalue weighted by molar-refractivity contribution is 9.11. The second kappa shape index (κ2) is 10.2. The Morgan fingerprint density at radius 1 is 1.33 bits per heavy atom. The first-order chi connectivity index (χ1) is 12.5. The van der Waals surface area contributed by atoms with Crippen LogP contribution in [0.25, 0.3) is 0 Å². The summed E-state index contributed by atoms with van der Waals surface area (Å²) < 4.78 is 12.0. The minimum absolute atomic E-state index is 0.0453. The van der Waals surface area contributed by atoms with E-state index in [1.807, 2.05) is 20.8 Å². The lowest BCUT2D eigenvalue weighted by Crippen LogP contribution is -2.35. The number of rotatable bonds is 3. The summed E-state index contributed by atoms with van der Waals surface area (Å²) in [5, 5.41) is 0. The number of carbonyl (C=O) groups is 3. The Morgan fingerprint density at radius 3 is 2.41 bits per heavy atom. The zero-order chi connectivity index (χ0) is 20.8. The van der Waals surface area contributed by atoms with Gasteiger partial charge in [-0.3, -0.25) is 0 Å². The third-order valence-corrected chi connectivity index (χ3v) is 4.75. The lowest BCUT2D eigenvalue weighted by atomic mass is 10.2. The van der Waals surface area contributed by atoms with Crippen molar-refractivity contribution in [2.75, 3.05) is 20.2 Å². The van der Waals surface area contributed by atoms with E-state index in [1.54, 1.807) is 4.90 Å². The van der Waals surface area contributed by atoms with Crippen molar-refractivity contribution in [3.63, 3.8) is 0 Å². The fourth-order valence-corrected chi connectivity index (χ4v) is 3.64. The van der Waals surface area contributed by atoms with Crippen molar-refractivity contribution in [3.05, 3.63) is 15.0 Å². The minimum atomic E-state index is -0.545. The molecule has 10 heteroatoms. The number of hydrogen-bond donors (Lipinski definition) is 0. The number of likely N-dealkylation sites (tertiary alicyclic amines) is 1. The van der Waals surface area contributed by atoms with E-state index < -0.39 is 5.97 Å². The molecule has 0 bridgehead atoms. The molecule has 1 fully saturated rings. The zero-order valence-electron chi connectivity index (χ0n) is 16.1. The van der Waals surface area contributed by atoms with Crippen LogP contribution in [0.15, 0.2) is 9.34 Å². The van der Waals surface area contributed by atoms with Crippen LogP contribution in [0.3, 0.4) is 0 Å². The van der Waals surface area contributed by atoms with Crippen LogP contribution in [0.2, 0.25) is 0 Å². The molecule has 1 amide bonds. The molecule has 2 rings (SSSR count). The van der Waals surface area contributed by atoms with Gasteiger partial charge in [-0.25, -0.2) is 14.6 Å². The molecule has 2 heterocycles. The lowest BCUT2D eigenvalue weighted by Gasteiger charge is -2.24. The molecule has 1 aliphatic heterocycles. The smallest absolute Gasteiger partial charge is 0.410 e. The van der Waals surface area contributed by atoms with Crippen molar-refractivity contribution in [2.45, 2.75) is 46.3 Å². The second-order valence-electron chi connectivity index (χ2n) is 7.11. The topological polar surface area (TPSA) is 90.7 Å². The van der Waals surface area contributed by atoms with Gasteiger partial charge in [-0.05, 0) is 65.0 Å². The number of ether oxygens (including phenoxy) is 2. The predicted molar refractivity (Wildman–Crippen MR) is 107 cm³/mol. The van der Waals surface area contributed by atoms with Gasteiger partial charge in [-0.1, -0.05) is 6.92 Å². The molecule has 1 aliphatic rings. The molecule has 0 saturated carbocycles. The minimum Gasteiger partial charge on any atom is -0.464 e. The van der Waals surface area contributed by atoms with Crippen molar-refractivity contribution in [2.24, 2.45) is 5.92 Å². The fraction of sp³-hybridized carbons (Fsp3) is 0.647. The van der Waals surface area contributed by atoms with E-state index in [0.29, 0.717) is 21.5 Å². The molecular weight excluding hydrogens is 486 g/mol. The van der Waals surface area contributed by atoms with Crippen LogP contribution in [0, 0.1) is 5.92 Å². The molecule has 152 valence electrons. The Morgan fingerprint density at radius 2 is 1.96 bits per heavy atom. The van der Waals surface area contributed by atoms with Crippen LogP contribution < -0.4 is 0 Å². The van der Waals surface area contributed by atoms with Gasteiger partial charge in [0.25, 0.3) is 0 Å². The van der Waals surface area contributed by atoms with Gasteiger partial charge < -0.3 is 23.7 Å². The van der Waals surface area contributed by atoms with Gasteiger partial charge in [0.15, 0.2) is 10.4 Å². The Bertz CT molecular complexity index is 685. The standard InChI is InChI=1S/C10H19NO2.C7H6Br2N2O3/c1-8-5-6-11(7-8)9(12)13-10(2,3)4;1-14-6(13)4-5(8)10-7(9)11(4)2-3-12/h8H,5-7H2,1-4H3;3H,2H2,1H3. The summed E-state index contributed by atoms with van der Waals surface area (Å²) in [7, 11) is 1.26. The Kier molecular flexibility index (Phi) is 8.93. The molecule has 27 heavy (non-hydrogen) atoms. The lowest BCUT2D eigenvalue weighted by molar-refractivity contribution is -0.108. The molecule has 0 spiro atoms. The highest BCUT2D eigenvalue weighted by atomic mass is 79.9. The molecule has 0 aromatic carbocycles. The molecular formula is C17H25Br2N3O5. The van der Waals surface area contributed by atoms with Crippen molar-refractivity contribution >= 4 is 50.2 Å². The Hall–Kier alpha value is -1.42. The SMILES string of the molecule is CC1CCN(C(=O)OC(C)(C)C)C1.COC(=O)c1c(Br)nc(Br)n1CC=O. The van der Waals surface area contributed by atoms with Gasteiger partial charge in [0.05, 0.1) is 13.7 Å². The number of aldehydes is 1. The predicted octanol–water partition coefficient (Wildman–Crippen LogP) is 3.66. The van der Waals surface area contributed by atoms with E-state index >= 15 is 0 Å². The van der Waals surface area contributed by atoms with Gasteiger partial charge >= 0.3 is 12.1 Å². The second-order valence-corrected chi connectivity index (χ2v) is 8.57. The maximum atomic E-state index is 11.5. The first kappa shape index (κ1) is 23.6. The quantitative estimate of drug-likeness (QED) is 0.455. The number of aromatic nitrogens is 2. The summed E-state index contributed by atoms with van der Waals surface area (Å²) in [6.45, 7) is 9.57. The van der Waals surface area contributed by atoms with Crippen LogP contribution in [0.4, 0.5) is 4.79 Å². The summed E-state index contributed by atoms with van der Waals surface area (Å²) in [5.74, 6) is 0.0736. The van der Waals surface area contributed by atoms with Crippen LogP contribution in [0.1, 0.15) is 44.6 Å². The van der Waals surface area contributed by atoms with Crippen LogP contribution in [0.5, 0.6) is 0 Å². The van der Waals surface area contributed by atoms with Crippen molar-refractivity contribution < 1.29 is 23.9 Å². The molecule has 1 aromatic heterocycles. The van der Waals surface area contributed by atoms with Crippen molar-refractivity contribution in [3.8, 4) is 0 Å². The maximum absolute atomic E-state index is 11.5. The molecule has 1 aromatic rings. The molecule has 8 nitrogen and oxygen atoms in total. The number of amides is 1. The van der Waals surface area contributed by atoms with Crippen LogP contribution in [-0.4, -0.2) is 58.6 Å². The average molecular weight is 511 g/mol. The van der Waals surface area contributed by atoms with E-state index in [1.165, 1.54) is 11.7 Å². The molecule has 0 aliphatic carbocycles. The van der Waals surface area contributed by atoms with Gasteiger partial charge in [0.2, 0.25) is 0 Å². The number of nitrogens with zero attached hydrogens (tertiary/aromatic N) is 3. The zero-order valence-corrected chi connectivity index (χ0v) is 19.3. The third kappa shape index (κ3) is 7.25. The number of hydrogen-bond acceptors (Lipinski definition) is 6. The average Bonchev–Trinajstić information content (AvgIpc) is 3.10. The summed E-state index contributed by atoms with van der Waals surface area (Å²) in [6.07, 6.45) is 1.60. The van der Waals surface area contributed by atoms with Gasteiger partial charge in [-0.15, -0.1) is 0 Å². The monoisotopic (exact) mass is 509 g/mol. The molecule has 0 N–H and O–H groups in total. The largest absolute Gasteiger partial charge is 0.464 e. The molecule has 0 radical (unpaired) electrons. The van der Waals surface area contributed by atoms with Crippen LogP contribution >= 0.6 is 31.9 Å². The number of imidazole rings is 1. The van der Waals surface area contributed by atoms with E-state index in [2.05, 4.69) is 48.5 Å². The number of esters is 1. The van der Waals surface area contributed by atoms with E-state index in [4.69, 9.17) is 4.74 Å². The summed E-state index contributed by atoms with van der Waals surface area (Å²) >= 11 is 6.22. The Labute approximate surface area is 175 Å². The van der Waals surface area contributed by atoms with E-state index in [9.17, 15) is 14.4 Å². The summed E-state index contributed by atoms with van der Waals surface area (Å²) in [4.78, 5) is 38.9. The normalized spacial score (nSPS) is 16.4. The van der Waals surface area contributed by atoms with E-state index in [-0.39, 0.29) is 23.9 Å². The number of halogens is 2. The summed E-state index contributed by atoms with van der Waals surface area (Å²) in [6, 6.07) is 0. The van der Waals surface area contributed by atoms with Gasteiger partial charge in [0.1, 0.15) is 16.5 Å². The third-order valence-electron chi connectivity index (χ3n) is 3.59. The first-order valence-corrected chi connectivity index (χ1v) is 10.00. The maximum Gasteiger partial charge on any atom is 0.410 e. The number of methoxy groups -OCH3 is 1. The van der Waals surface area contributed by atoms with Crippen molar-refractivity contribution in [1.82, 2.24) is 14.5 Å². The highest BCUT2D eigenvalue weighted by Crippen LogP contribution is 2.22. The van der Waals surface area contributed by atoms with Crippen molar-refractivity contribution in [1.29, 1.82) is 0 Å². The van der Waals surface area contributed by atoms with Gasteiger partial charge in [-0.2, -0.15) is 0 Å². The fourth-order valence-electron chi connectivity index (χ4n) is 2.36. The molecule has 1 saturated heterocycles. The Balaban J connectivity index is 0.000000271.